The van der Waals surface area contributed by atoms with Crippen molar-refractivity contribution in [2.24, 2.45) is 0 Å². The van der Waals surface area contributed by atoms with E-state index in [0.29, 0.717) is 17.4 Å². The van der Waals surface area contributed by atoms with Gasteiger partial charge >= 0.3 is 5.97 Å². The van der Waals surface area contributed by atoms with Gasteiger partial charge in [0.1, 0.15) is 5.82 Å². The second-order valence-corrected chi connectivity index (χ2v) is 4.69. The fraction of sp³-hybridized carbons (Fsp3) is 0.417. The van der Waals surface area contributed by atoms with Crippen LogP contribution < -0.4 is 5.73 Å². The van der Waals surface area contributed by atoms with E-state index in [0.717, 1.165) is 18.5 Å². The lowest BCUT2D eigenvalue weighted by molar-refractivity contribution is 0.0690. The van der Waals surface area contributed by atoms with Crippen LogP contribution in [0.25, 0.3) is 5.65 Å². The maximum Gasteiger partial charge on any atom is 0.356 e. The third kappa shape index (κ3) is 1.70. The Balaban J connectivity index is 2.11. The van der Waals surface area contributed by atoms with E-state index in [9.17, 15) is 4.79 Å². The largest absolute Gasteiger partial charge is 0.476 e. The van der Waals surface area contributed by atoms with E-state index >= 15 is 0 Å². The van der Waals surface area contributed by atoms with Crippen LogP contribution in [0.1, 0.15) is 47.8 Å². The number of hydrogen-bond donors (Lipinski definition) is 2. The summed E-state index contributed by atoms with van der Waals surface area (Å²) >= 11 is 0. The van der Waals surface area contributed by atoms with Crippen LogP contribution in [0.5, 0.6) is 0 Å². The number of rotatable bonds is 2. The Morgan fingerprint density at radius 3 is 2.78 bits per heavy atom. The molecule has 2 heterocycles. The molecule has 18 heavy (non-hydrogen) atoms. The third-order valence-electron chi connectivity index (χ3n) is 3.47. The van der Waals surface area contributed by atoms with Crippen LogP contribution in [0.4, 0.5) is 5.82 Å². The second kappa shape index (κ2) is 3.97. The molecular formula is C12H14N4O2. The van der Waals surface area contributed by atoms with Crippen LogP contribution in [-0.2, 0) is 0 Å². The van der Waals surface area contributed by atoms with Gasteiger partial charge in [-0.05, 0) is 12.8 Å². The van der Waals surface area contributed by atoms with Gasteiger partial charge in [-0.1, -0.05) is 12.8 Å². The van der Waals surface area contributed by atoms with Crippen LogP contribution in [0.2, 0.25) is 0 Å². The van der Waals surface area contributed by atoms with Crippen molar-refractivity contribution in [2.45, 2.75) is 31.6 Å². The van der Waals surface area contributed by atoms with Crippen molar-refractivity contribution < 1.29 is 9.90 Å². The molecule has 6 nitrogen and oxygen atoms in total. The molecule has 0 atom stereocenters. The summed E-state index contributed by atoms with van der Waals surface area (Å²) in [7, 11) is 0. The first-order chi connectivity index (χ1) is 8.65. The van der Waals surface area contributed by atoms with Gasteiger partial charge in [-0.3, -0.25) is 0 Å². The monoisotopic (exact) mass is 246 g/mol. The van der Waals surface area contributed by atoms with E-state index in [-0.39, 0.29) is 5.69 Å². The first-order valence-corrected chi connectivity index (χ1v) is 6.04. The van der Waals surface area contributed by atoms with Crippen LogP contribution in [0.3, 0.4) is 0 Å². The molecule has 0 saturated heterocycles. The zero-order valence-electron chi connectivity index (χ0n) is 9.83. The minimum absolute atomic E-state index is 0.0298. The molecule has 2 aromatic rings. The first-order valence-electron chi connectivity index (χ1n) is 6.04. The Hall–Kier alpha value is -2.11. The predicted octanol–water partition coefficient (Wildman–Crippen LogP) is 1.67. The highest BCUT2D eigenvalue weighted by atomic mass is 16.4. The Kier molecular flexibility index (Phi) is 2.43. The Labute approximate surface area is 103 Å². The van der Waals surface area contributed by atoms with Crippen molar-refractivity contribution in [3.63, 3.8) is 0 Å². The molecule has 1 aliphatic rings. The van der Waals surface area contributed by atoms with E-state index in [1.807, 2.05) is 6.07 Å². The highest BCUT2D eigenvalue weighted by molar-refractivity contribution is 5.86. The molecule has 2 aromatic heterocycles. The summed E-state index contributed by atoms with van der Waals surface area (Å²) in [6.45, 7) is 0. The van der Waals surface area contributed by atoms with E-state index in [1.54, 1.807) is 0 Å². The summed E-state index contributed by atoms with van der Waals surface area (Å²) in [5.41, 5.74) is 7.34. The topological polar surface area (TPSA) is 93.5 Å². The lowest BCUT2D eigenvalue weighted by Gasteiger charge is -2.09. The first kappa shape index (κ1) is 11.0. The van der Waals surface area contributed by atoms with Gasteiger partial charge in [-0.25, -0.2) is 9.78 Å². The molecule has 94 valence electrons. The number of nitrogens with zero attached hydrogens (tertiary/aromatic N) is 3. The quantitative estimate of drug-likeness (QED) is 0.840. The number of nitrogens with two attached hydrogens (primary N) is 1. The van der Waals surface area contributed by atoms with E-state index in [4.69, 9.17) is 10.8 Å². The summed E-state index contributed by atoms with van der Waals surface area (Å²) < 4.78 is 1.38. The van der Waals surface area contributed by atoms with Crippen molar-refractivity contribution in [1.29, 1.82) is 0 Å². The lowest BCUT2D eigenvalue weighted by atomic mass is 10.0. The highest BCUT2D eigenvalue weighted by Gasteiger charge is 2.20. The number of carboxylic acid groups (broad SMARTS) is 1. The second-order valence-electron chi connectivity index (χ2n) is 4.69. The molecule has 0 bridgehead atoms. The number of aromatic carboxylic acids is 1. The van der Waals surface area contributed by atoms with Crippen molar-refractivity contribution in [1.82, 2.24) is 14.6 Å². The van der Waals surface area contributed by atoms with E-state index in [1.165, 1.54) is 23.4 Å². The van der Waals surface area contributed by atoms with Gasteiger partial charge in [0.05, 0.1) is 0 Å². The molecule has 0 aromatic carbocycles. The molecule has 0 spiro atoms. The van der Waals surface area contributed by atoms with Crippen molar-refractivity contribution >= 4 is 17.4 Å². The van der Waals surface area contributed by atoms with Crippen molar-refractivity contribution in [3.05, 3.63) is 23.5 Å². The summed E-state index contributed by atoms with van der Waals surface area (Å²) in [5, 5.41) is 12.8. The van der Waals surface area contributed by atoms with Crippen molar-refractivity contribution in [2.75, 3.05) is 5.73 Å². The van der Waals surface area contributed by atoms with Gasteiger partial charge in [-0.15, -0.1) is 0 Å². The minimum Gasteiger partial charge on any atom is -0.476 e. The SMILES string of the molecule is Nc1cc(C2CCCC2)nc2cc(C(=O)O)nn12. The number of carbonyl (C=O) groups is 1. The molecule has 1 fully saturated rings. The van der Waals surface area contributed by atoms with Crippen LogP contribution in [-0.4, -0.2) is 25.7 Å². The van der Waals surface area contributed by atoms with Gasteiger partial charge in [-0.2, -0.15) is 9.61 Å². The molecule has 3 rings (SSSR count). The number of carboxylic acids is 1. The average molecular weight is 246 g/mol. The summed E-state index contributed by atoms with van der Waals surface area (Å²) in [6.07, 6.45) is 4.69. The number of anilines is 1. The molecular weight excluding hydrogens is 232 g/mol. The smallest absolute Gasteiger partial charge is 0.356 e. The fourth-order valence-corrected chi connectivity index (χ4v) is 2.55. The zero-order valence-corrected chi connectivity index (χ0v) is 9.83. The summed E-state index contributed by atoms with van der Waals surface area (Å²) in [5.74, 6) is -0.183. The number of hydrogen-bond acceptors (Lipinski definition) is 4. The maximum atomic E-state index is 10.9. The number of aromatic nitrogens is 3. The minimum atomic E-state index is -1.07. The third-order valence-corrected chi connectivity index (χ3v) is 3.47. The standard InChI is InChI=1S/C12H14N4O2/c13-10-5-8(7-3-1-2-4-7)14-11-6-9(12(17)18)15-16(10)11/h5-7H,1-4,13H2,(H,17,18). The molecule has 6 heteroatoms. The van der Waals surface area contributed by atoms with Gasteiger partial charge in [0.25, 0.3) is 0 Å². The van der Waals surface area contributed by atoms with Crippen LogP contribution in [0, 0.1) is 0 Å². The molecule has 3 N–H and O–H groups in total. The van der Waals surface area contributed by atoms with E-state index < -0.39 is 5.97 Å². The molecule has 0 amide bonds. The van der Waals surface area contributed by atoms with Gasteiger partial charge in [0, 0.05) is 23.7 Å². The summed E-state index contributed by atoms with van der Waals surface area (Å²) in [4.78, 5) is 15.4. The summed E-state index contributed by atoms with van der Waals surface area (Å²) in [6, 6.07) is 3.26. The van der Waals surface area contributed by atoms with Crippen molar-refractivity contribution in [3.8, 4) is 0 Å². The Bertz CT molecular complexity index is 614. The highest BCUT2D eigenvalue weighted by Crippen LogP contribution is 2.33. The normalized spacial score (nSPS) is 16.4. The van der Waals surface area contributed by atoms with E-state index in [2.05, 4.69) is 10.1 Å². The lowest BCUT2D eigenvalue weighted by Crippen LogP contribution is -2.05. The predicted molar refractivity (Wildman–Crippen MR) is 65.6 cm³/mol. The Morgan fingerprint density at radius 1 is 1.39 bits per heavy atom. The molecule has 1 saturated carbocycles. The molecule has 0 unspecified atom stereocenters. The average Bonchev–Trinajstić information content (AvgIpc) is 2.97. The molecule has 0 aliphatic heterocycles. The van der Waals surface area contributed by atoms with Gasteiger partial charge in [0.2, 0.25) is 0 Å². The van der Waals surface area contributed by atoms with Crippen LogP contribution >= 0.6 is 0 Å². The maximum absolute atomic E-state index is 10.9. The zero-order chi connectivity index (χ0) is 12.7. The fourth-order valence-electron chi connectivity index (χ4n) is 2.55. The van der Waals surface area contributed by atoms with Gasteiger partial charge < -0.3 is 10.8 Å². The Morgan fingerprint density at radius 2 is 2.11 bits per heavy atom. The van der Waals surface area contributed by atoms with Gasteiger partial charge in [0.15, 0.2) is 11.3 Å². The number of fused-ring (bicyclic) bond motifs is 1. The molecule has 1 aliphatic carbocycles. The van der Waals surface area contributed by atoms with Crippen LogP contribution in [0.15, 0.2) is 12.1 Å². The molecule has 0 radical (unpaired) electrons. The number of nitrogen functional groups attached to an aromatic ring is 1.